The zero-order valence-corrected chi connectivity index (χ0v) is 23.6. The molecule has 214 valence electrons. The summed E-state index contributed by atoms with van der Waals surface area (Å²) in [5.41, 5.74) is 4.20. The van der Waals surface area contributed by atoms with Gasteiger partial charge in [-0.25, -0.2) is 9.59 Å². The lowest BCUT2D eigenvalue weighted by Gasteiger charge is -2.14. The van der Waals surface area contributed by atoms with Gasteiger partial charge in [-0.15, -0.1) is 11.3 Å². The predicted molar refractivity (Wildman–Crippen MR) is 156 cm³/mol. The molecule has 4 aromatic rings. The Morgan fingerprint density at radius 3 is 2.20 bits per heavy atom. The smallest absolute Gasteiger partial charge is 0.336 e. The predicted octanol–water partition coefficient (Wildman–Crippen LogP) is 7.49. The number of hydrogen-bond acceptors (Lipinski definition) is 3. The number of thiazole rings is 1. The topological polar surface area (TPSA) is 87.5 Å². The fourth-order valence-corrected chi connectivity index (χ4v) is 4.83. The zero-order chi connectivity index (χ0) is 29.6. The van der Waals surface area contributed by atoms with Crippen LogP contribution in [0.25, 0.3) is 5.69 Å². The van der Waals surface area contributed by atoms with E-state index in [0.29, 0.717) is 29.4 Å². The van der Waals surface area contributed by atoms with Crippen molar-refractivity contribution in [3.05, 3.63) is 105 Å². The molecule has 0 fully saturated rings. The molecule has 11 heteroatoms. The molecular weight excluding hydrogens is 551 g/mol. The van der Waals surface area contributed by atoms with E-state index in [1.54, 1.807) is 12.1 Å². The molecule has 1 aromatic heterocycles. The van der Waals surface area contributed by atoms with Gasteiger partial charge in [0, 0.05) is 29.5 Å². The maximum absolute atomic E-state index is 12.7. The number of benzene rings is 3. The van der Waals surface area contributed by atoms with E-state index in [1.165, 1.54) is 29.0 Å². The molecule has 3 aromatic carbocycles. The number of halogens is 3. The highest BCUT2D eigenvalue weighted by atomic mass is 32.1. The van der Waals surface area contributed by atoms with Gasteiger partial charge in [0.1, 0.15) is 0 Å². The summed E-state index contributed by atoms with van der Waals surface area (Å²) in [4.78, 5) is 29.6. The van der Waals surface area contributed by atoms with Crippen molar-refractivity contribution >= 4 is 34.8 Å². The number of hydrogen-bond donors (Lipinski definition) is 3. The van der Waals surface area contributed by atoms with Crippen LogP contribution in [0.3, 0.4) is 0 Å². The average molecular weight is 582 g/mol. The Morgan fingerprint density at radius 2 is 1.59 bits per heavy atom. The van der Waals surface area contributed by atoms with Gasteiger partial charge in [-0.1, -0.05) is 38.1 Å². The van der Waals surface area contributed by atoms with Crippen LogP contribution in [0, 0.1) is 6.92 Å². The standard InChI is InChI=1S/C30H30F3N5O2S/c1-19(2)25-13-4-20(3)18-26(25)38-16-17-41-29(38)37-27(39)34-15-14-21-5-9-23(10-6-21)35-28(40)36-24-11-7-22(8-12-24)30(31,32)33/h4-13,16-19H,14-15H2,1-3H3,(H,34,39)(H2,35,36,40). The van der Waals surface area contributed by atoms with E-state index in [9.17, 15) is 22.8 Å². The Balaban J connectivity index is 1.29. The first-order valence-corrected chi connectivity index (χ1v) is 13.8. The van der Waals surface area contributed by atoms with Crippen molar-refractivity contribution in [2.45, 2.75) is 39.3 Å². The van der Waals surface area contributed by atoms with E-state index in [4.69, 9.17) is 0 Å². The third kappa shape index (κ3) is 8.07. The molecular formula is C30H30F3N5O2S. The maximum Gasteiger partial charge on any atom is 0.416 e. The second-order valence-electron chi connectivity index (χ2n) is 9.72. The molecule has 0 saturated carbocycles. The number of nitrogens with zero attached hydrogens (tertiary/aromatic N) is 2. The third-order valence-corrected chi connectivity index (χ3v) is 6.98. The normalized spacial score (nSPS) is 11.9. The van der Waals surface area contributed by atoms with Crippen LogP contribution >= 0.6 is 11.3 Å². The zero-order valence-electron chi connectivity index (χ0n) is 22.8. The lowest BCUT2D eigenvalue weighted by molar-refractivity contribution is -0.137. The van der Waals surface area contributed by atoms with Crippen molar-refractivity contribution in [1.29, 1.82) is 0 Å². The minimum atomic E-state index is -4.44. The van der Waals surface area contributed by atoms with Crippen LogP contribution in [0.2, 0.25) is 0 Å². The summed E-state index contributed by atoms with van der Waals surface area (Å²) in [6, 6.07) is 16.5. The number of anilines is 2. The van der Waals surface area contributed by atoms with Crippen molar-refractivity contribution in [1.82, 2.24) is 9.88 Å². The molecule has 0 aliphatic heterocycles. The molecule has 1 heterocycles. The van der Waals surface area contributed by atoms with Crippen LogP contribution in [0.15, 0.2) is 83.3 Å². The molecule has 4 amide bonds. The summed E-state index contributed by atoms with van der Waals surface area (Å²) >= 11 is 1.39. The van der Waals surface area contributed by atoms with Crippen LogP contribution in [0.5, 0.6) is 0 Å². The molecule has 0 aliphatic carbocycles. The Bertz CT molecular complexity index is 1570. The monoisotopic (exact) mass is 581 g/mol. The number of alkyl halides is 3. The largest absolute Gasteiger partial charge is 0.416 e. The van der Waals surface area contributed by atoms with Gasteiger partial charge in [0.2, 0.25) is 0 Å². The molecule has 0 radical (unpaired) electrons. The lowest BCUT2D eigenvalue weighted by atomic mass is 9.99. The number of amides is 4. The molecule has 0 atom stereocenters. The van der Waals surface area contributed by atoms with Crippen LogP contribution in [0.1, 0.15) is 42.0 Å². The van der Waals surface area contributed by atoms with E-state index in [0.717, 1.165) is 28.9 Å². The van der Waals surface area contributed by atoms with Gasteiger partial charge in [0.05, 0.1) is 11.3 Å². The van der Waals surface area contributed by atoms with Gasteiger partial charge in [0.15, 0.2) is 4.80 Å². The van der Waals surface area contributed by atoms with Crippen LogP contribution in [0.4, 0.5) is 34.1 Å². The fourth-order valence-electron chi connectivity index (χ4n) is 4.12. The number of urea groups is 2. The number of aromatic nitrogens is 1. The molecule has 3 N–H and O–H groups in total. The van der Waals surface area contributed by atoms with Gasteiger partial charge in [-0.05, 0) is 78.4 Å². The van der Waals surface area contributed by atoms with E-state index < -0.39 is 23.8 Å². The third-order valence-electron chi connectivity index (χ3n) is 6.23. The summed E-state index contributed by atoms with van der Waals surface area (Å²) in [7, 11) is 0. The number of aryl methyl sites for hydroxylation is 1. The molecule has 0 saturated heterocycles. The van der Waals surface area contributed by atoms with Gasteiger partial charge >= 0.3 is 18.2 Å². The van der Waals surface area contributed by atoms with Crippen LogP contribution in [-0.4, -0.2) is 23.2 Å². The molecule has 0 spiro atoms. The molecule has 7 nitrogen and oxygen atoms in total. The van der Waals surface area contributed by atoms with Crippen molar-refractivity contribution in [3.8, 4) is 5.69 Å². The molecule has 0 unspecified atom stereocenters. The summed E-state index contributed by atoms with van der Waals surface area (Å²) in [5.74, 6) is 0.315. The van der Waals surface area contributed by atoms with Crippen LogP contribution < -0.4 is 20.8 Å². The van der Waals surface area contributed by atoms with E-state index in [-0.39, 0.29) is 5.69 Å². The highest BCUT2D eigenvalue weighted by Gasteiger charge is 2.30. The molecule has 0 aliphatic rings. The first kappa shape index (κ1) is 29.6. The quantitative estimate of drug-likeness (QED) is 0.211. The minimum absolute atomic E-state index is 0.237. The van der Waals surface area contributed by atoms with Crippen molar-refractivity contribution in [2.75, 3.05) is 17.2 Å². The number of rotatable bonds is 7. The fraction of sp³-hybridized carbons (Fsp3) is 0.233. The summed E-state index contributed by atoms with van der Waals surface area (Å²) in [6.45, 7) is 6.66. The van der Waals surface area contributed by atoms with E-state index in [2.05, 4.69) is 53.0 Å². The Labute approximate surface area is 239 Å². The minimum Gasteiger partial charge on any atom is -0.336 e. The summed E-state index contributed by atoms with van der Waals surface area (Å²) < 4.78 is 40.0. The second-order valence-corrected chi connectivity index (χ2v) is 10.6. The van der Waals surface area contributed by atoms with E-state index >= 15 is 0 Å². The Hall–Kier alpha value is -4.38. The Kier molecular flexibility index (Phi) is 9.28. The van der Waals surface area contributed by atoms with Crippen molar-refractivity contribution in [3.63, 3.8) is 0 Å². The summed E-state index contributed by atoms with van der Waals surface area (Å²) in [6.07, 6.45) is -1.97. The SMILES string of the molecule is Cc1ccc(C(C)C)c(-n2ccsc2=NC(=O)NCCc2ccc(NC(=O)Nc3ccc(C(F)(F)F)cc3)cc2)c1. The van der Waals surface area contributed by atoms with Gasteiger partial charge in [-0.2, -0.15) is 18.2 Å². The molecule has 41 heavy (non-hydrogen) atoms. The number of carbonyl (C=O) groups is 2. The maximum atomic E-state index is 12.7. The van der Waals surface area contributed by atoms with Gasteiger partial charge < -0.3 is 16.0 Å². The van der Waals surface area contributed by atoms with Gasteiger partial charge in [0.25, 0.3) is 0 Å². The summed E-state index contributed by atoms with van der Waals surface area (Å²) in [5, 5.41) is 9.86. The Morgan fingerprint density at radius 1 is 0.951 bits per heavy atom. The molecule has 0 bridgehead atoms. The number of carbonyl (C=O) groups excluding carboxylic acids is 2. The highest BCUT2D eigenvalue weighted by molar-refractivity contribution is 7.07. The van der Waals surface area contributed by atoms with Gasteiger partial charge in [-0.3, -0.25) is 4.57 Å². The lowest BCUT2D eigenvalue weighted by Crippen LogP contribution is -2.26. The number of nitrogens with one attached hydrogen (secondary N) is 3. The first-order valence-electron chi connectivity index (χ1n) is 12.9. The average Bonchev–Trinajstić information content (AvgIpc) is 3.37. The van der Waals surface area contributed by atoms with Crippen LogP contribution in [-0.2, 0) is 12.6 Å². The van der Waals surface area contributed by atoms with E-state index in [1.807, 2.05) is 35.2 Å². The second kappa shape index (κ2) is 12.9. The first-order chi connectivity index (χ1) is 19.5. The van der Waals surface area contributed by atoms with Crippen molar-refractivity contribution in [2.24, 2.45) is 4.99 Å². The molecule has 4 rings (SSSR count). The van der Waals surface area contributed by atoms with Crippen molar-refractivity contribution < 1.29 is 22.8 Å². The highest BCUT2D eigenvalue weighted by Crippen LogP contribution is 2.30.